The van der Waals surface area contributed by atoms with Crippen LogP contribution in [0, 0.1) is 10.8 Å². The van der Waals surface area contributed by atoms with Gasteiger partial charge in [-0.3, -0.25) is 10.8 Å². The Morgan fingerprint density at radius 1 is 1.14 bits per heavy atom. The molecule has 7 heavy (non-hydrogen) atoms. The second-order valence-electron chi connectivity index (χ2n) is 1.07. The molecular formula is C3H6N2O2. The molecule has 0 amide bonds. The van der Waals surface area contributed by atoms with E-state index in [9.17, 15) is 0 Å². The summed E-state index contributed by atoms with van der Waals surface area (Å²) in [6, 6.07) is 0. The molecule has 0 atom stereocenters. The summed E-state index contributed by atoms with van der Waals surface area (Å²) in [5.41, 5.74) is 0. The first-order valence-electron chi connectivity index (χ1n) is 1.65. The molecule has 0 unspecified atom stereocenters. The monoisotopic (exact) mass is 102 g/mol. The van der Waals surface area contributed by atoms with Gasteiger partial charge in [0.25, 0.3) is 0 Å². The van der Waals surface area contributed by atoms with Crippen LogP contribution in [0.4, 0.5) is 0 Å². The van der Waals surface area contributed by atoms with Crippen LogP contribution >= 0.6 is 0 Å². The zero-order valence-corrected chi connectivity index (χ0v) is 3.60. The Hall–Kier alpha value is -1.06. The summed E-state index contributed by atoms with van der Waals surface area (Å²) in [4.78, 5) is 0. The van der Waals surface area contributed by atoms with Crippen molar-refractivity contribution in [2.45, 2.75) is 6.42 Å². The quantitative estimate of drug-likeness (QED) is 0.301. The topological polar surface area (TPSA) is 88.2 Å². The molecule has 40 valence electrons. The van der Waals surface area contributed by atoms with Crippen molar-refractivity contribution in [2.75, 3.05) is 0 Å². The van der Waals surface area contributed by atoms with Crippen molar-refractivity contribution < 1.29 is 10.2 Å². The first-order valence-corrected chi connectivity index (χ1v) is 1.65. The Kier molecular flexibility index (Phi) is 1.84. The fourth-order valence-electron chi connectivity index (χ4n) is 0.159. The van der Waals surface area contributed by atoms with Crippen molar-refractivity contribution in [3.05, 3.63) is 0 Å². The lowest BCUT2D eigenvalue weighted by Gasteiger charge is -1.87. The lowest BCUT2D eigenvalue weighted by molar-refractivity contribution is 0.504. The van der Waals surface area contributed by atoms with Crippen molar-refractivity contribution in [3.63, 3.8) is 0 Å². The number of aliphatic hydroxyl groups is 2. The van der Waals surface area contributed by atoms with E-state index in [1.807, 2.05) is 0 Å². The number of nitrogens with one attached hydrogen (secondary N) is 2. The first-order chi connectivity index (χ1) is 3.13. The lowest BCUT2D eigenvalue weighted by Crippen LogP contribution is -2.02. The van der Waals surface area contributed by atoms with Gasteiger partial charge >= 0.3 is 0 Å². The third-order valence-electron chi connectivity index (χ3n) is 0.335. The molecule has 0 aliphatic carbocycles. The van der Waals surface area contributed by atoms with Crippen LogP contribution in [0.3, 0.4) is 0 Å². The normalized spacial score (nSPS) is 8.00. The van der Waals surface area contributed by atoms with Gasteiger partial charge in [0.1, 0.15) is 0 Å². The Bertz CT molecular complexity index is 87.1. The zero-order valence-electron chi connectivity index (χ0n) is 3.60. The molecule has 4 N–H and O–H groups in total. The summed E-state index contributed by atoms with van der Waals surface area (Å²) in [6.07, 6.45) is -0.361. The summed E-state index contributed by atoms with van der Waals surface area (Å²) >= 11 is 0. The third-order valence-corrected chi connectivity index (χ3v) is 0.335. The maximum Gasteiger partial charge on any atom is 0.187 e. The van der Waals surface area contributed by atoms with Crippen molar-refractivity contribution in [1.82, 2.24) is 0 Å². The molecule has 0 aliphatic heterocycles. The largest absolute Gasteiger partial charge is 0.496 e. The van der Waals surface area contributed by atoms with Gasteiger partial charge in [-0.2, -0.15) is 0 Å². The second-order valence-corrected chi connectivity index (χ2v) is 1.07. The van der Waals surface area contributed by atoms with E-state index in [1.165, 1.54) is 0 Å². The Morgan fingerprint density at radius 3 is 1.43 bits per heavy atom. The predicted octanol–water partition coefficient (Wildman–Crippen LogP) is 0.447. The SMILES string of the molecule is N=C(O)CC(=N)O. The molecule has 0 aromatic heterocycles. The molecule has 0 aliphatic rings. The van der Waals surface area contributed by atoms with Gasteiger partial charge in [0.15, 0.2) is 11.8 Å². The Labute approximate surface area is 40.4 Å². The lowest BCUT2D eigenvalue weighted by atomic mass is 10.4. The number of hydrogen-bond acceptors (Lipinski definition) is 2. The predicted molar refractivity (Wildman–Crippen MR) is 25.3 cm³/mol. The molecule has 0 fully saturated rings. The van der Waals surface area contributed by atoms with Crippen molar-refractivity contribution in [3.8, 4) is 0 Å². The molecule has 0 heterocycles. The van der Waals surface area contributed by atoms with Gasteiger partial charge in [0.2, 0.25) is 0 Å². The minimum absolute atomic E-state index is 0.361. The van der Waals surface area contributed by atoms with E-state index >= 15 is 0 Å². The van der Waals surface area contributed by atoms with Crippen LogP contribution in [0.25, 0.3) is 0 Å². The molecule has 4 heteroatoms. The maximum atomic E-state index is 8.01. The number of rotatable bonds is 2. The standard InChI is InChI=1S/C3H6N2O2/c4-2(6)1-3(5)7/h1H2,(H2,4,6)(H2,5,7). The van der Waals surface area contributed by atoms with Gasteiger partial charge in [-0.1, -0.05) is 0 Å². The van der Waals surface area contributed by atoms with Crippen LogP contribution < -0.4 is 0 Å². The highest BCUT2D eigenvalue weighted by Gasteiger charge is 1.93. The van der Waals surface area contributed by atoms with Gasteiger partial charge < -0.3 is 10.2 Å². The average Bonchev–Trinajstić information content (AvgIpc) is 1.27. The van der Waals surface area contributed by atoms with Gasteiger partial charge in [0, 0.05) is 0 Å². The summed E-state index contributed by atoms with van der Waals surface area (Å²) < 4.78 is 0. The van der Waals surface area contributed by atoms with Gasteiger partial charge in [-0.05, 0) is 0 Å². The van der Waals surface area contributed by atoms with Gasteiger partial charge in [0.05, 0.1) is 6.42 Å². The highest BCUT2D eigenvalue weighted by atomic mass is 16.3. The van der Waals surface area contributed by atoms with Crippen molar-refractivity contribution in [1.29, 1.82) is 10.8 Å². The minimum Gasteiger partial charge on any atom is -0.496 e. The molecule has 0 aromatic carbocycles. The summed E-state index contributed by atoms with van der Waals surface area (Å²) in [5.74, 6) is -1.37. The van der Waals surface area contributed by atoms with E-state index in [2.05, 4.69) is 0 Å². The fraction of sp³-hybridized carbons (Fsp3) is 0.333. The smallest absolute Gasteiger partial charge is 0.187 e. The molecule has 0 aromatic rings. The number of aliphatic hydroxyl groups excluding tert-OH is 2. The molecule has 0 spiro atoms. The van der Waals surface area contributed by atoms with Crippen LogP contribution in [0.5, 0.6) is 0 Å². The highest BCUT2D eigenvalue weighted by molar-refractivity contribution is 5.91. The molecule has 0 bridgehead atoms. The first kappa shape index (κ1) is 5.94. The summed E-state index contributed by atoms with van der Waals surface area (Å²) in [7, 11) is 0. The molecule has 0 rings (SSSR count). The van der Waals surface area contributed by atoms with E-state index in [-0.39, 0.29) is 6.42 Å². The van der Waals surface area contributed by atoms with E-state index < -0.39 is 11.8 Å². The van der Waals surface area contributed by atoms with E-state index in [4.69, 9.17) is 21.0 Å². The molecule has 4 nitrogen and oxygen atoms in total. The molecule has 0 saturated carbocycles. The zero-order chi connectivity index (χ0) is 5.86. The van der Waals surface area contributed by atoms with Crippen LogP contribution in [0.1, 0.15) is 6.42 Å². The van der Waals surface area contributed by atoms with Crippen molar-refractivity contribution in [2.24, 2.45) is 0 Å². The minimum atomic E-state index is -0.687. The maximum absolute atomic E-state index is 8.01. The Balaban J connectivity index is 3.32. The van der Waals surface area contributed by atoms with E-state index in [0.717, 1.165) is 0 Å². The van der Waals surface area contributed by atoms with Crippen LogP contribution in [-0.2, 0) is 0 Å². The van der Waals surface area contributed by atoms with Gasteiger partial charge in [-0.15, -0.1) is 0 Å². The van der Waals surface area contributed by atoms with Crippen molar-refractivity contribution >= 4 is 11.8 Å². The third kappa shape index (κ3) is 4.94. The second kappa shape index (κ2) is 2.17. The van der Waals surface area contributed by atoms with Crippen LogP contribution in [0.2, 0.25) is 0 Å². The molecule has 0 saturated heterocycles. The van der Waals surface area contributed by atoms with E-state index in [0.29, 0.717) is 0 Å². The summed E-state index contributed by atoms with van der Waals surface area (Å²) in [6.45, 7) is 0. The number of hydrogen-bond donors (Lipinski definition) is 4. The van der Waals surface area contributed by atoms with E-state index in [1.54, 1.807) is 0 Å². The van der Waals surface area contributed by atoms with Gasteiger partial charge in [-0.25, -0.2) is 0 Å². The van der Waals surface area contributed by atoms with Crippen LogP contribution in [0.15, 0.2) is 0 Å². The average molecular weight is 102 g/mol. The molecule has 0 radical (unpaired) electrons. The fourth-order valence-corrected chi connectivity index (χ4v) is 0.159. The Morgan fingerprint density at radius 2 is 1.43 bits per heavy atom. The summed E-state index contributed by atoms with van der Waals surface area (Å²) in [5, 5.41) is 28.6. The van der Waals surface area contributed by atoms with Crippen LogP contribution in [-0.4, -0.2) is 22.0 Å². The highest BCUT2D eigenvalue weighted by Crippen LogP contribution is 1.76. The molecular weight excluding hydrogens is 96.0 g/mol.